The maximum Gasteiger partial charge on any atom is 0.166 e. The minimum atomic E-state index is -0.693. The van der Waals surface area contributed by atoms with E-state index in [1.807, 2.05) is 13.0 Å². The van der Waals surface area contributed by atoms with Crippen LogP contribution in [-0.2, 0) is 16.0 Å². The Hall–Kier alpha value is -2.01. The van der Waals surface area contributed by atoms with Crippen LogP contribution in [0.25, 0.3) is 0 Å². The second-order valence-corrected chi connectivity index (χ2v) is 9.43. The van der Waals surface area contributed by atoms with Crippen molar-refractivity contribution in [3.05, 3.63) is 57.8 Å². The lowest BCUT2D eigenvalue weighted by Crippen LogP contribution is -2.24. The fraction of sp³-hybridized carbons (Fsp3) is 0.417. The molecule has 1 unspecified atom stereocenters. The van der Waals surface area contributed by atoms with Crippen LogP contribution < -0.4 is 4.74 Å². The van der Waals surface area contributed by atoms with Crippen molar-refractivity contribution in [1.82, 2.24) is 0 Å². The first-order valence-electron chi connectivity index (χ1n) is 10.3. The van der Waals surface area contributed by atoms with Crippen molar-refractivity contribution in [3.8, 4) is 11.5 Å². The van der Waals surface area contributed by atoms with E-state index in [4.69, 9.17) is 4.74 Å². The van der Waals surface area contributed by atoms with Crippen LogP contribution in [0.1, 0.15) is 43.2 Å². The van der Waals surface area contributed by atoms with E-state index in [0.717, 1.165) is 36.8 Å². The Labute approximate surface area is 177 Å². The van der Waals surface area contributed by atoms with Gasteiger partial charge >= 0.3 is 0 Å². The Bertz CT molecular complexity index is 989. The number of ether oxygens (including phenoxy) is 1. The molecule has 29 heavy (non-hydrogen) atoms. The zero-order valence-corrected chi connectivity index (χ0v) is 17.7. The van der Waals surface area contributed by atoms with E-state index in [0.29, 0.717) is 22.1 Å². The van der Waals surface area contributed by atoms with E-state index in [1.54, 1.807) is 24.3 Å². The van der Waals surface area contributed by atoms with Crippen molar-refractivity contribution in [2.24, 2.45) is 23.7 Å². The quantitative estimate of drug-likeness (QED) is 0.542. The smallest absolute Gasteiger partial charge is 0.166 e. The molecule has 5 heteroatoms. The Morgan fingerprint density at radius 3 is 2.34 bits per heavy atom. The van der Waals surface area contributed by atoms with Gasteiger partial charge in [-0.15, -0.1) is 0 Å². The number of ketones is 2. The van der Waals surface area contributed by atoms with Gasteiger partial charge in [-0.3, -0.25) is 9.59 Å². The third-order valence-electron chi connectivity index (χ3n) is 7.07. The normalized spacial score (nSPS) is 30.1. The van der Waals surface area contributed by atoms with Gasteiger partial charge in [-0.1, -0.05) is 28.9 Å². The van der Waals surface area contributed by atoms with Crippen LogP contribution in [-0.4, -0.2) is 11.6 Å². The van der Waals surface area contributed by atoms with E-state index in [1.165, 1.54) is 6.07 Å². The van der Waals surface area contributed by atoms with Gasteiger partial charge < -0.3 is 4.74 Å². The van der Waals surface area contributed by atoms with E-state index in [9.17, 15) is 14.0 Å². The number of carbonyl (C=O) groups is 2. The number of carbonyl (C=O) groups excluding carboxylic acids is 2. The minimum absolute atomic E-state index is 0.0915. The number of Topliss-reactive ketones (excluding diaryl/α,β-unsaturated/α-hetero) is 2. The zero-order chi connectivity index (χ0) is 20.3. The molecular formula is C24H22BrFO3. The van der Waals surface area contributed by atoms with Crippen molar-refractivity contribution >= 4 is 27.5 Å². The standard InChI is InChI=1S/C24H22BrFO3/c1-2-12-5-7-16(29-19-8-6-15(25)10-18(19)26)11-17(12)22-23(27)20-13-3-4-14(9-13)21(20)24(22)28/h5-8,10-11,13-14,20-22H,2-4,9H2,1H3/t13-,14+,20-,21+,22?. The van der Waals surface area contributed by atoms with E-state index in [-0.39, 0.29) is 29.2 Å². The van der Waals surface area contributed by atoms with E-state index in [2.05, 4.69) is 15.9 Å². The Kier molecular flexibility index (Phi) is 4.61. The number of hydrogen-bond acceptors (Lipinski definition) is 3. The van der Waals surface area contributed by atoms with Gasteiger partial charge in [0.15, 0.2) is 23.1 Å². The highest BCUT2D eigenvalue weighted by atomic mass is 79.9. The molecule has 3 saturated carbocycles. The summed E-state index contributed by atoms with van der Waals surface area (Å²) < 4.78 is 20.6. The molecule has 2 aromatic carbocycles. The molecular weight excluding hydrogens is 435 g/mol. The first-order valence-corrected chi connectivity index (χ1v) is 11.1. The van der Waals surface area contributed by atoms with Gasteiger partial charge in [-0.25, -0.2) is 4.39 Å². The van der Waals surface area contributed by atoms with Gasteiger partial charge in [0.05, 0.1) is 0 Å². The maximum absolute atomic E-state index is 14.2. The average molecular weight is 457 g/mol. The first-order chi connectivity index (χ1) is 14.0. The molecule has 0 radical (unpaired) electrons. The third kappa shape index (κ3) is 2.97. The lowest BCUT2D eigenvalue weighted by Gasteiger charge is -2.21. The summed E-state index contributed by atoms with van der Waals surface area (Å²) in [4.78, 5) is 26.6. The van der Waals surface area contributed by atoms with Crippen molar-refractivity contribution < 1.29 is 18.7 Å². The molecule has 5 rings (SSSR count). The molecule has 3 aliphatic rings. The summed E-state index contributed by atoms with van der Waals surface area (Å²) in [6.45, 7) is 2.02. The highest BCUT2D eigenvalue weighted by Crippen LogP contribution is 2.59. The number of hydrogen-bond donors (Lipinski definition) is 0. The number of fused-ring (bicyclic) bond motifs is 5. The number of rotatable bonds is 4. The first kappa shape index (κ1) is 19.0. The van der Waals surface area contributed by atoms with Gasteiger partial charge in [0.25, 0.3) is 0 Å². The Morgan fingerprint density at radius 2 is 1.72 bits per heavy atom. The summed E-state index contributed by atoms with van der Waals surface area (Å²) in [5.41, 5.74) is 1.72. The highest BCUT2D eigenvalue weighted by molar-refractivity contribution is 9.10. The van der Waals surface area contributed by atoms with Gasteiger partial charge in [-0.05, 0) is 79.0 Å². The molecule has 0 aliphatic heterocycles. The molecule has 3 fully saturated rings. The summed E-state index contributed by atoms with van der Waals surface area (Å²) in [5, 5.41) is 0. The largest absolute Gasteiger partial charge is 0.454 e. The predicted octanol–water partition coefficient (Wildman–Crippen LogP) is 5.84. The molecule has 0 N–H and O–H groups in total. The summed E-state index contributed by atoms with van der Waals surface area (Å²) in [6, 6.07) is 10.0. The molecule has 150 valence electrons. The Balaban J connectivity index is 1.50. The van der Waals surface area contributed by atoms with Gasteiger partial charge in [-0.2, -0.15) is 0 Å². The summed E-state index contributed by atoms with van der Waals surface area (Å²) >= 11 is 3.24. The summed E-state index contributed by atoms with van der Waals surface area (Å²) in [5.74, 6) is 0.153. The van der Waals surface area contributed by atoms with Gasteiger partial charge in [0.2, 0.25) is 0 Å². The van der Waals surface area contributed by atoms with E-state index < -0.39 is 11.7 Å². The molecule has 0 saturated heterocycles. The fourth-order valence-corrected chi connectivity index (χ4v) is 6.19. The predicted molar refractivity (Wildman–Crippen MR) is 111 cm³/mol. The summed E-state index contributed by atoms with van der Waals surface area (Å²) in [6.07, 6.45) is 3.90. The molecule has 0 amide bonds. The number of halogens is 2. The molecule has 3 nitrogen and oxygen atoms in total. The van der Waals surface area contributed by atoms with Crippen LogP contribution in [0.3, 0.4) is 0 Å². The topological polar surface area (TPSA) is 43.4 Å². The maximum atomic E-state index is 14.2. The van der Waals surface area contributed by atoms with E-state index >= 15 is 0 Å². The molecule has 0 heterocycles. The van der Waals surface area contributed by atoms with Crippen LogP contribution >= 0.6 is 15.9 Å². The summed E-state index contributed by atoms with van der Waals surface area (Å²) in [7, 11) is 0. The molecule has 5 atom stereocenters. The molecule has 3 aliphatic carbocycles. The zero-order valence-electron chi connectivity index (χ0n) is 16.2. The third-order valence-corrected chi connectivity index (χ3v) is 7.57. The lowest BCUT2D eigenvalue weighted by molar-refractivity contribution is -0.125. The monoisotopic (exact) mass is 456 g/mol. The molecule has 2 bridgehead atoms. The van der Waals surface area contributed by atoms with Crippen LogP contribution in [0, 0.1) is 29.5 Å². The van der Waals surface area contributed by atoms with Crippen molar-refractivity contribution in [1.29, 1.82) is 0 Å². The lowest BCUT2D eigenvalue weighted by atomic mass is 9.81. The number of aryl methyl sites for hydroxylation is 1. The van der Waals surface area contributed by atoms with Crippen LogP contribution in [0.5, 0.6) is 11.5 Å². The van der Waals surface area contributed by atoms with Crippen molar-refractivity contribution in [3.63, 3.8) is 0 Å². The minimum Gasteiger partial charge on any atom is -0.454 e. The average Bonchev–Trinajstić information content (AvgIpc) is 3.38. The molecule has 2 aromatic rings. The van der Waals surface area contributed by atoms with Crippen molar-refractivity contribution in [2.75, 3.05) is 0 Å². The van der Waals surface area contributed by atoms with Gasteiger partial charge in [0, 0.05) is 16.3 Å². The van der Waals surface area contributed by atoms with Crippen molar-refractivity contribution in [2.45, 2.75) is 38.5 Å². The second kappa shape index (κ2) is 7.05. The SMILES string of the molecule is CCc1ccc(Oc2ccc(Br)cc2F)cc1C1C(=O)[C@@H]2[C@@H]3CC[C@@H](C3)[C@@H]2C1=O. The van der Waals surface area contributed by atoms with Crippen LogP contribution in [0.15, 0.2) is 40.9 Å². The second-order valence-electron chi connectivity index (χ2n) is 8.51. The molecule has 0 spiro atoms. The van der Waals surface area contributed by atoms with Gasteiger partial charge in [0.1, 0.15) is 11.7 Å². The van der Waals surface area contributed by atoms with Crippen LogP contribution in [0.4, 0.5) is 4.39 Å². The highest BCUT2D eigenvalue weighted by Gasteiger charge is 2.61. The number of benzene rings is 2. The Morgan fingerprint density at radius 1 is 1.03 bits per heavy atom. The fourth-order valence-electron chi connectivity index (χ4n) is 5.85. The molecule has 0 aromatic heterocycles. The van der Waals surface area contributed by atoms with Crippen LogP contribution in [0.2, 0.25) is 0 Å².